The van der Waals surface area contributed by atoms with Gasteiger partial charge in [0.2, 0.25) is 5.95 Å². The predicted octanol–water partition coefficient (Wildman–Crippen LogP) is 1.16. The molecule has 28 heavy (non-hydrogen) atoms. The highest BCUT2D eigenvalue weighted by Gasteiger charge is 2.38. The van der Waals surface area contributed by atoms with Crippen molar-refractivity contribution in [2.45, 2.75) is 18.9 Å². The SMILES string of the molecule is CNc1ncc2c(n1)N1CCC[C@H]1CN(c1cccn3c(=O)ccnc13)C2=O. The van der Waals surface area contributed by atoms with Gasteiger partial charge >= 0.3 is 0 Å². The molecule has 142 valence electrons. The topological polar surface area (TPSA) is 95.7 Å². The Labute approximate surface area is 160 Å². The van der Waals surface area contributed by atoms with Crippen LogP contribution in [0.1, 0.15) is 23.2 Å². The largest absolute Gasteiger partial charge is 0.357 e. The van der Waals surface area contributed by atoms with Crippen molar-refractivity contribution in [1.29, 1.82) is 0 Å². The third-order valence-electron chi connectivity index (χ3n) is 5.40. The number of pyridine rings is 1. The molecule has 5 heterocycles. The molecule has 5 rings (SSSR count). The summed E-state index contributed by atoms with van der Waals surface area (Å²) in [6, 6.07) is 5.15. The summed E-state index contributed by atoms with van der Waals surface area (Å²) in [6.07, 6.45) is 6.73. The molecule has 0 radical (unpaired) electrons. The van der Waals surface area contributed by atoms with Crippen molar-refractivity contribution in [2.24, 2.45) is 0 Å². The van der Waals surface area contributed by atoms with Gasteiger partial charge in [-0.3, -0.25) is 14.0 Å². The van der Waals surface area contributed by atoms with E-state index in [9.17, 15) is 9.59 Å². The molecule has 0 saturated carbocycles. The fraction of sp³-hybridized carbons (Fsp3) is 0.316. The van der Waals surface area contributed by atoms with Gasteiger partial charge in [-0.25, -0.2) is 9.97 Å². The minimum Gasteiger partial charge on any atom is -0.357 e. The van der Waals surface area contributed by atoms with Crippen molar-refractivity contribution in [3.05, 3.63) is 52.7 Å². The molecule has 0 spiro atoms. The number of anilines is 3. The molecule has 1 amide bonds. The number of aromatic nitrogens is 4. The van der Waals surface area contributed by atoms with E-state index in [1.807, 2.05) is 6.07 Å². The predicted molar refractivity (Wildman–Crippen MR) is 105 cm³/mol. The molecule has 2 aliphatic rings. The van der Waals surface area contributed by atoms with Crippen LogP contribution in [-0.4, -0.2) is 51.4 Å². The highest BCUT2D eigenvalue weighted by Crippen LogP contribution is 2.34. The van der Waals surface area contributed by atoms with Gasteiger partial charge in [0.1, 0.15) is 11.4 Å². The van der Waals surface area contributed by atoms with E-state index in [-0.39, 0.29) is 17.5 Å². The maximum Gasteiger partial charge on any atom is 0.263 e. The Balaban J connectivity index is 1.70. The molecule has 1 N–H and O–H groups in total. The Morgan fingerprint density at radius 1 is 1.21 bits per heavy atom. The number of rotatable bonds is 2. The third-order valence-corrected chi connectivity index (χ3v) is 5.40. The van der Waals surface area contributed by atoms with Crippen LogP contribution < -0.4 is 20.7 Å². The van der Waals surface area contributed by atoms with E-state index in [0.29, 0.717) is 35.2 Å². The van der Waals surface area contributed by atoms with Crippen LogP contribution in [0.5, 0.6) is 0 Å². The Morgan fingerprint density at radius 2 is 2.11 bits per heavy atom. The fourth-order valence-electron chi connectivity index (χ4n) is 4.07. The van der Waals surface area contributed by atoms with Gasteiger partial charge in [-0.05, 0) is 25.0 Å². The summed E-state index contributed by atoms with van der Waals surface area (Å²) < 4.78 is 1.46. The van der Waals surface area contributed by atoms with Crippen molar-refractivity contribution in [3.8, 4) is 0 Å². The summed E-state index contributed by atoms with van der Waals surface area (Å²) in [4.78, 5) is 42.8. The van der Waals surface area contributed by atoms with E-state index in [2.05, 4.69) is 25.2 Å². The van der Waals surface area contributed by atoms with Crippen LogP contribution in [0.3, 0.4) is 0 Å². The van der Waals surface area contributed by atoms with Crippen molar-refractivity contribution in [1.82, 2.24) is 19.4 Å². The molecule has 0 aliphatic carbocycles. The van der Waals surface area contributed by atoms with E-state index >= 15 is 0 Å². The normalized spacial score (nSPS) is 18.8. The number of hydrogen-bond acceptors (Lipinski definition) is 7. The lowest BCUT2D eigenvalue weighted by Gasteiger charge is -2.27. The van der Waals surface area contributed by atoms with Gasteiger partial charge in [0, 0.05) is 50.8 Å². The van der Waals surface area contributed by atoms with Gasteiger partial charge in [-0.15, -0.1) is 0 Å². The molecule has 1 atom stereocenters. The molecule has 3 aromatic heterocycles. The van der Waals surface area contributed by atoms with Crippen LogP contribution >= 0.6 is 0 Å². The maximum absolute atomic E-state index is 13.5. The van der Waals surface area contributed by atoms with Crippen molar-refractivity contribution in [2.75, 3.05) is 35.3 Å². The summed E-state index contributed by atoms with van der Waals surface area (Å²) in [7, 11) is 1.76. The van der Waals surface area contributed by atoms with Gasteiger partial charge in [0.25, 0.3) is 11.5 Å². The second-order valence-electron chi connectivity index (χ2n) is 6.96. The van der Waals surface area contributed by atoms with Gasteiger partial charge in [-0.2, -0.15) is 4.98 Å². The average molecular weight is 377 g/mol. The zero-order chi connectivity index (χ0) is 19.3. The standard InChI is InChI=1S/C19H19N7O2/c1-20-19-22-10-13-16(23-19)24-8-2-4-12(24)11-26(18(13)28)14-5-3-9-25-15(27)6-7-21-17(14)25/h3,5-7,9-10,12H,2,4,8,11H2,1H3,(H,20,22,23)/t12-/m0/s1. The molecule has 1 saturated heterocycles. The summed E-state index contributed by atoms with van der Waals surface area (Å²) in [5.74, 6) is 0.974. The van der Waals surface area contributed by atoms with Crippen LogP contribution in [0.15, 0.2) is 41.6 Å². The van der Waals surface area contributed by atoms with Gasteiger partial charge in [0.15, 0.2) is 5.65 Å². The lowest BCUT2D eigenvalue weighted by Crippen LogP contribution is -2.40. The zero-order valence-corrected chi connectivity index (χ0v) is 15.4. The lowest BCUT2D eigenvalue weighted by atomic mass is 10.2. The van der Waals surface area contributed by atoms with E-state index in [4.69, 9.17) is 0 Å². The van der Waals surface area contributed by atoms with Crippen LogP contribution in [0, 0.1) is 0 Å². The number of nitrogens with zero attached hydrogens (tertiary/aromatic N) is 6. The lowest BCUT2D eigenvalue weighted by molar-refractivity contribution is 0.0988. The van der Waals surface area contributed by atoms with E-state index in [0.717, 1.165) is 19.4 Å². The molecule has 9 nitrogen and oxygen atoms in total. The fourth-order valence-corrected chi connectivity index (χ4v) is 4.07. The van der Waals surface area contributed by atoms with Crippen LogP contribution in [0.4, 0.5) is 17.5 Å². The molecule has 0 unspecified atom stereocenters. The molecular formula is C19H19N7O2. The highest BCUT2D eigenvalue weighted by molar-refractivity contribution is 6.11. The van der Waals surface area contributed by atoms with Gasteiger partial charge in [0.05, 0.1) is 5.69 Å². The van der Waals surface area contributed by atoms with Crippen LogP contribution in [0.25, 0.3) is 5.65 Å². The van der Waals surface area contributed by atoms with Crippen LogP contribution in [-0.2, 0) is 0 Å². The number of carbonyl (C=O) groups excluding carboxylic acids is 1. The summed E-state index contributed by atoms with van der Waals surface area (Å²) in [5.41, 5.74) is 1.36. The van der Waals surface area contributed by atoms with Gasteiger partial charge < -0.3 is 15.1 Å². The summed E-state index contributed by atoms with van der Waals surface area (Å²) in [6.45, 7) is 1.36. The Morgan fingerprint density at radius 3 is 2.96 bits per heavy atom. The van der Waals surface area contributed by atoms with Gasteiger partial charge in [-0.1, -0.05) is 0 Å². The molecule has 0 aromatic carbocycles. The minimum atomic E-state index is -0.182. The average Bonchev–Trinajstić information content (AvgIpc) is 3.15. The third kappa shape index (κ3) is 2.43. The zero-order valence-electron chi connectivity index (χ0n) is 15.4. The van der Waals surface area contributed by atoms with Crippen molar-refractivity contribution in [3.63, 3.8) is 0 Å². The number of fused-ring (bicyclic) bond motifs is 4. The Kier molecular flexibility index (Phi) is 3.75. The summed E-state index contributed by atoms with van der Waals surface area (Å²) >= 11 is 0. The summed E-state index contributed by atoms with van der Waals surface area (Å²) in [5, 5.41) is 2.94. The first-order chi connectivity index (χ1) is 13.7. The quantitative estimate of drug-likeness (QED) is 0.716. The first-order valence-corrected chi connectivity index (χ1v) is 9.27. The van der Waals surface area contributed by atoms with E-state index in [1.54, 1.807) is 30.4 Å². The highest BCUT2D eigenvalue weighted by atomic mass is 16.2. The number of hydrogen-bond donors (Lipinski definition) is 1. The van der Waals surface area contributed by atoms with Crippen molar-refractivity contribution < 1.29 is 4.79 Å². The molecular weight excluding hydrogens is 358 g/mol. The number of amides is 1. The maximum atomic E-state index is 13.5. The Bertz CT molecular complexity index is 1140. The number of carbonyl (C=O) groups is 1. The molecule has 2 aliphatic heterocycles. The second kappa shape index (κ2) is 6.29. The second-order valence-corrected chi connectivity index (χ2v) is 6.96. The smallest absolute Gasteiger partial charge is 0.263 e. The van der Waals surface area contributed by atoms with Crippen molar-refractivity contribution >= 4 is 29.0 Å². The molecule has 9 heteroatoms. The van der Waals surface area contributed by atoms with E-state index in [1.165, 1.54) is 16.7 Å². The van der Waals surface area contributed by atoms with Crippen LogP contribution in [0.2, 0.25) is 0 Å². The van der Waals surface area contributed by atoms with E-state index < -0.39 is 0 Å². The monoisotopic (exact) mass is 377 g/mol. The molecule has 0 bridgehead atoms. The number of nitrogens with one attached hydrogen (secondary N) is 1. The molecule has 3 aromatic rings. The first kappa shape index (κ1) is 16.7. The minimum absolute atomic E-state index is 0.153. The first-order valence-electron chi connectivity index (χ1n) is 9.27. The Hall–Kier alpha value is -3.49. The molecule has 1 fully saturated rings.